The van der Waals surface area contributed by atoms with E-state index < -0.39 is 5.43 Å². The number of carbonyl (C=O) groups excluding carboxylic acids is 1. The lowest BCUT2D eigenvalue weighted by molar-refractivity contribution is 0.180. The highest BCUT2D eigenvalue weighted by Gasteiger charge is 1.85. The number of rotatable bonds is 1. The van der Waals surface area contributed by atoms with Crippen molar-refractivity contribution in [3.8, 4) is 0 Å². The highest BCUT2D eigenvalue weighted by atomic mass is 35.5. The maximum Gasteiger partial charge on any atom is 0.403 e. The number of carbonyl (C=O) groups is 1. The molecule has 3 heteroatoms. The summed E-state index contributed by atoms with van der Waals surface area (Å²) in [6.45, 7) is 2.04. The van der Waals surface area contributed by atoms with Crippen LogP contribution < -0.4 is 0 Å². The van der Waals surface area contributed by atoms with E-state index in [0.29, 0.717) is 6.61 Å². The monoisotopic (exact) mass is 110 g/mol. The van der Waals surface area contributed by atoms with Crippen LogP contribution in [0, 0.1) is 0 Å². The lowest BCUT2D eigenvalue weighted by Gasteiger charge is -1.86. The summed E-state index contributed by atoms with van der Waals surface area (Å²) in [6.07, 6.45) is 0. The molecule has 0 saturated heterocycles. The van der Waals surface area contributed by atoms with Crippen molar-refractivity contribution in [2.75, 3.05) is 6.61 Å². The van der Waals surface area contributed by atoms with Crippen molar-refractivity contribution in [1.29, 1.82) is 0 Å². The highest BCUT2D eigenvalue weighted by Crippen LogP contribution is 1.82. The summed E-state index contributed by atoms with van der Waals surface area (Å²) in [4.78, 5) is 9.59. The fraction of sp³-hybridized carbons (Fsp3) is 0.667. The van der Waals surface area contributed by atoms with E-state index in [1.54, 1.807) is 6.92 Å². The summed E-state index contributed by atoms with van der Waals surface area (Å²) in [5, 5.41) is 0. The van der Waals surface area contributed by atoms with Crippen LogP contribution in [0.3, 0.4) is 0 Å². The molecule has 0 radical (unpaired) electrons. The molecule has 0 unspecified atom stereocenters. The van der Waals surface area contributed by atoms with E-state index in [0.717, 1.165) is 0 Å². The minimum absolute atomic E-state index is 0.350. The molecular weight excluding hydrogens is 105 g/mol. The molecule has 0 heterocycles. The van der Waals surface area contributed by atoms with Gasteiger partial charge in [0, 0.05) is 11.6 Å². The van der Waals surface area contributed by atoms with Gasteiger partial charge < -0.3 is 4.74 Å². The maximum atomic E-state index is 9.59. The molecular formula is C3H5ClO2. The second-order valence-corrected chi connectivity index (χ2v) is 0.979. The normalized spacial score (nSPS) is 7.67. The molecule has 0 aromatic rings. The van der Waals surface area contributed by atoms with Gasteiger partial charge in [-0.1, -0.05) is 0 Å². The molecule has 0 saturated carbocycles. The predicted octanol–water partition coefficient (Wildman–Crippen LogP) is 1.38. The molecule has 2 nitrogen and oxygen atoms in total. The Labute approximate surface area is 41.0 Å². The Morgan fingerprint density at radius 1 is 2.00 bits per heavy atom. The maximum absolute atomic E-state index is 9.59. The molecule has 0 aliphatic heterocycles. The van der Waals surface area contributed by atoms with Gasteiger partial charge in [0.2, 0.25) is 0 Å². The number of ether oxygens (including phenoxy) is 1. The Kier molecular flexibility index (Phi) is 2.85. The van der Waals surface area contributed by atoms with Gasteiger partial charge in [0.1, 0.15) is 0 Å². The lowest BCUT2D eigenvalue weighted by atomic mass is 10.9. The third-order valence-electron chi connectivity index (χ3n) is 0.258. The molecule has 0 aliphatic carbocycles. The third-order valence-corrected chi connectivity index (χ3v) is 0.367. The SMILES string of the molecule is CCO[14C](=O)Cl. The molecule has 0 aromatic carbocycles. The average Bonchev–Trinajstić information content (AvgIpc) is 1.35. The zero-order chi connectivity index (χ0) is 4.99. The first-order chi connectivity index (χ1) is 2.77. The molecule has 0 atom stereocenters. The largest absolute Gasteiger partial charge is 0.454 e. The van der Waals surface area contributed by atoms with E-state index in [-0.39, 0.29) is 0 Å². The molecule has 0 spiro atoms. The van der Waals surface area contributed by atoms with Crippen LogP contribution in [-0.4, -0.2) is 12.0 Å². The lowest BCUT2D eigenvalue weighted by Crippen LogP contribution is -1.89. The van der Waals surface area contributed by atoms with Gasteiger partial charge >= 0.3 is 5.43 Å². The van der Waals surface area contributed by atoms with E-state index in [9.17, 15) is 4.79 Å². The van der Waals surface area contributed by atoms with Crippen molar-refractivity contribution in [3.05, 3.63) is 0 Å². The highest BCUT2D eigenvalue weighted by molar-refractivity contribution is 6.61. The first-order valence-corrected chi connectivity index (χ1v) is 1.97. The smallest absolute Gasteiger partial charge is 0.403 e. The third kappa shape index (κ3) is 3.76. The second kappa shape index (κ2) is 2.97. The van der Waals surface area contributed by atoms with E-state index >= 15 is 0 Å². The summed E-state index contributed by atoms with van der Waals surface area (Å²) in [6, 6.07) is 0. The zero-order valence-corrected chi connectivity index (χ0v) is 4.16. The molecule has 0 amide bonds. The first kappa shape index (κ1) is 5.76. The zero-order valence-electron chi connectivity index (χ0n) is 3.40. The van der Waals surface area contributed by atoms with Gasteiger partial charge in [-0.05, 0) is 6.92 Å². The summed E-state index contributed by atoms with van der Waals surface area (Å²) < 4.78 is 4.17. The molecule has 0 fully saturated rings. The van der Waals surface area contributed by atoms with Crippen LogP contribution in [0.15, 0.2) is 0 Å². The van der Waals surface area contributed by atoms with Crippen molar-refractivity contribution >= 4 is 17.0 Å². The van der Waals surface area contributed by atoms with Crippen molar-refractivity contribution < 1.29 is 9.53 Å². The predicted molar refractivity (Wildman–Crippen MR) is 22.9 cm³/mol. The topological polar surface area (TPSA) is 26.3 Å². The summed E-state index contributed by atoms with van der Waals surface area (Å²) in [5.41, 5.74) is -0.738. The molecule has 0 aromatic heterocycles. The molecule has 0 bridgehead atoms. The Hall–Kier alpha value is -0.240. The van der Waals surface area contributed by atoms with Crippen LogP contribution in [-0.2, 0) is 4.74 Å². The van der Waals surface area contributed by atoms with E-state index in [1.165, 1.54) is 0 Å². The minimum atomic E-state index is -0.738. The number of hydrogen-bond donors (Lipinski definition) is 0. The quantitative estimate of drug-likeness (QED) is 0.477. The van der Waals surface area contributed by atoms with Crippen LogP contribution in [0.5, 0.6) is 0 Å². The van der Waals surface area contributed by atoms with Crippen molar-refractivity contribution in [1.82, 2.24) is 0 Å². The first-order valence-electron chi connectivity index (χ1n) is 1.59. The average molecular weight is 111 g/mol. The van der Waals surface area contributed by atoms with Gasteiger partial charge in [-0.2, -0.15) is 0 Å². The Bertz CT molecular complexity index is 52.8. The van der Waals surface area contributed by atoms with Gasteiger partial charge in [-0.3, -0.25) is 0 Å². The van der Waals surface area contributed by atoms with Crippen LogP contribution in [0.1, 0.15) is 6.92 Å². The van der Waals surface area contributed by atoms with E-state index in [2.05, 4.69) is 4.74 Å². The Morgan fingerprint density at radius 2 is 2.50 bits per heavy atom. The number of halogens is 1. The second-order valence-electron chi connectivity index (χ2n) is 0.671. The summed E-state index contributed by atoms with van der Waals surface area (Å²) >= 11 is 4.72. The molecule has 0 aliphatic rings. The fourth-order valence-corrected chi connectivity index (χ4v) is 0.223. The summed E-state index contributed by atoms with van der Waals surface area (Å²) in [7, 11) is 0. The summed E-state index contributed by atoms with van der Waals surface area (Å²) in [5.74, 6) is 0. The fourth-order valence-electron chi connectivity index (χ4n) is 0.113. The van der Waals surface area contributed by atoms with Crippen molar-refractivity contribution in [3.63, 3.8) is 0 Å². The Balaban J connectivity index is 2.83. The molecule has 36 valence electrons. The standard InChI is InChI=1S/C3H5ClO2/c1-2-6-3(4)5/h2H2,1H3/i3+2. The van der Waals surface area contributed by atoms with E-state index in [1.807, 2.05) is 0 Å². The number of hydrogen-bond acceptors (Lipinski definition) is 2. The van der Waals surface area contributed by atoms with Crippen LogP contribution in [0.2, 0.25) is 0 Å². The van der Waals surface area contributed by atoms with Gasteiger partial charge in [0.05, 0.1) is 6.61 Å². The van der Waals surface area contributed by atoms with Crippen LogP contribution in [0.4, 0.5) is 4.79 Å². The minimum Gasteiger partial charge on any atom is -0.454 e. The Morgan fingerprint density at radius 3 is 2.50 bits per heavy atom. The van der Waals surface area contributed by atoms with Crippen molar-refractivity contribution in [2.45, 2.75) is 6.92 Å². The van der Waals surface area contributed by atoms with Gasteiger partial charge in [-0.15, -0.1) is 0 Å². The molecule has 0 N–H and O–H groups in total. The van der Waals surface area contributed by atoms with Crippen LogP contribution >= 0.6 is 11.6 Å². The van der Waals surface area contributed by atoms with Gasteiger partial charge in [-0.25, -0.2) is 4.79 Å². The van der Waals surface area contributed by atoms with Crippen molar-refractivity contribution in [2.24, 2.45) is 0 Å². The van der Waals surface area contributed by atoms with E-state index in [4.69, 9.17) is 11.6 Å². The van der Waals surface area contributed by atoms with Gasteiger partial charge in [0.25, 0.3) is 0 Å². The molecule has 0 rings (SSSR count). The van der Waals surface area contributed by atoms with Gasteiger partial charge in [0.15, 0.2) is 0 Å². The van der Waals surface area contributed by atoms with Crippen LogP contribution in [0.25, 0.3) is 0 Å². The molecule has 6 heavy (non-hydrogen) atoms.